The molecule has 3 heterocycles. The Hall–Kier alpha value is -1.15. The van der Waals surface area contributed by atoms with Gasteiger partial charge in [-0.05, 0) is 100 Å². The average Bonchev–Trinajstić information content (AvgIpc) is 3.94. The van der Waals surface area contributed by atoms with E-state index in [0.29, 0.717) is 22.2 Å². The minimum Gasteiger partial charge on any atom is -0.340 e. The molecule has 8 heteroatoms. The molecule has 0 aromatic heterocycles. The lowest BCUT2D eigenvalue weighted by Crippen LogP contribution is -2.64. The molecule has 6 nitrogen and oxygen atoms in total. The Morgan fingerprint density at radius 1 is 0.841 bits per heavy atom. The summed E-state index contributed by atoms with van der Waals surface area (Å²) in [5.41, 5.74) is 0.336. The second-order valence-electron chi connectivity index (χ2n) is 14.7. The molecule has 1 amide bonds. The van der Waals surface area contributed by atoms with Crippen LogP contribution in [0.3, 0.4) is 0 Å². The van der Waals surface area contributed by atoms with Crippen molar-refractivity contribution in [2.45, 2.75) is 158 Å². The topological polar surface area (TPSA) is 60.9 Å². The Labute approximate surface area is 273 Å². The van der Waals surface area contributed by atoms with Crippen molar-refractivity contribution in [1.29, 1.82) is 0 Å². The Kier molecular flexibility index (Phi) is 11.8. The van der Waals surface area contributed by atoms with Crippen LogP contribution in [0.25, 0.3) is 0 Å². The predicted molar refractivity (Wildman–Crippen MR) is 180 cm³/mol. The Balaban J connectivity index is 0.00000121. The van der Waals surface area contributed by atoms with E-state index in [9.17, 15) is 13.2 Å². The van der Waals surface area contributed by atoms with Gasteiger partial charge in [0, 0.05) is 48.7 Å². The van der Waals surface area contributed by atoms with Gasteiger partial charge in [-0.25, -0.2) is 8.42 Å². The minimum atomic E-state index is -3.59. The molecule has 5 fully saturated rings. The quantitative estimate of drug-likeness (QED) is 0.228. The summed E-state index contributed by atoms with van der Waals surface area (Å²) in [6.07, 6.45) is 21.3. The molecule has 248 valence electrons. The largest absolute Gasteiger partial charge is 0.340 e. The molecule has 3 saturated heterocycles. The summed E-state index contributed by atoms with van der Waals surface area (Å²) in [6, 6.07) is 6.73. The van der Waals surface area contributed by atoms with Gasteiger partial charge in [-0.3, -0.25) is 9.69 Å². The molecular formula is C36H58ClN3O3S. The minimum absolute atomic E-state index is 0.0285. The van der Waals surface area contributed by atoms with Gasteiger partial charge in [0.25, 0.3) is 0 Å². The van der Waals surface area contributed by atoms with E-state index in [1.165, 1.54) is 57.9 Å². The third-order valence-electron chi connectivity index (χ3n) is 11.1. The molecule has 0 spiro atoms. The number of benzene rings is 1. The van der Waals surface area contributed by atoms with Gasteiger partial charge in [-0.15, -0.1) is 0 Å². The van der Waals surface area contributed by atoms with Crippen molar-refractivity contribution in [3.63, 3.8) is 0 Å². The number of sulfonamides is 1. The number of piperazine rings is 1. The predicted octanol–water partition coefficient (Wildman–Crippen LogP) is 8.43. The number of hydrogen-bond acceptors (Lipinski definition) is 4. The van der Waals surface area contributed by atoms with E-state index in [1.807, 2.05) is 4.31 Å². The van der Waals surface area contributed by atoms with Crippen LogP contribution in [0.1, 0.15) is 136 Å². The number of fused-ring (bicyclic) bond motifs is 1. The number of halogens is 1. The van der Waals surface area contributed by atoms with Crippen LogP contribution in [0.2, 0.25) is 5.02 Å². The zero-order valence-corrected chi connectivity index (χ0v) is 29.2. The van der Waals surface area contributed by atoms with Gasteiger partial charge in [0.05, 0.1) is 4.90 Å². The van der Waals surface area contributed by atoms with Crippen LogP contribution >= 0.6 is 11.6 Å². The lowest BCUT2D eigenvalue weighted by molar-refractivity contribution is -0.140. The van der Waals surface area contributed by atoms with Gasteiger partial charge in [-0.1, -0.05) is 76.8 Å². The van der Waals surface area contributed by atoms with Crippen molar-refractivity contribution < 1.29 is 13.2 Å². The monoisotopic (exact) mass is 647 g/mol. The molecule has 2 aliphatic carbocycles. The molecule has 5 aliphatic rings. The maximum Gasteiger partial charge on any atom is 0.243 e. The van der Waals surface area contributed by atoms with E-state index in [-0.39, 0.29) is 23.0 Å². The summed E-state index contributed by atoms with van der Waals surface area (Å²) < 4.78 is 29.6. The van der Waals surface area contributed by atoms with E-state index in [1.54, 1.807) is 24.3 Å². The lowest BCUT2D eigenvalue weighted by Gasteiger charge is -2.54. The molecule has 0 bridgehead atoms. The zero-order chi connectivity index (χ0) is 31.2. The fraction of sp³-hybridized carbons (Fsp3) is 0.806. The summed E-state index contributed by atoms with van der Waals surface area (Å²) in [7, 11) is -3.59. The number of carbonyl (C=O) groups excluding carboxylic acids is 1. The molecule has 2 saturated carbocycles. The van der Waals surface area contributed by atoms with Crippen LogP contribution in [0, 0.1) is 5.41 Å². The maximum atomic E-state index is 13.9. The standard InChI is InChI=1S/C33H52ClN3O3S.C3H6/c1-3-9-28-10-7-11-29(37(28)41(39,40)30-15-13-27(34)14-16-30)12-8-18-32(20-21-32)25-31(38)35-23-24-36-22-6-5-19-33(36,26-35)17-4-2;1-2-3-1/h13-16,28-29H,3-12,17-26H2,1-2H3;1-3H2. The first-order valence-electron chi connectivity index (χ1n) is 18.0. The number of rotatable bonds is 12. The van der Waals surface area contributed by atoms with Gasteiger partial charge >= 0.3 is 0 Å². The van der Waals surface area contributed by atoms with Crippen molar-refractivity contribution >= 4 is 27.5 Å². The van der Waals surface area contributed by atoms with Crippen LogP contribution in [-0.2, 0) is 14.8 Å². The highest BCUT2D eigenvalue weighted by Crippen LogP contribution is 2.53. The van der Waals surface area contributed by atoms with E-state index < -0.39 is 10.0 Å². The second kappa shape index (κ2) is 15.2. The molecule has 0 radical (unpaired) electrons. The second-order valence-corrected chi connectivity index (χ2v) is 17.0. The highest BCUT2D eigenvalue weighted by molar-refractivity contribution is 7.89. The van der Waals surface area contributed by atoms with Crippen LogP contribution in [0.4, 0.5) is 0 Å². The first kappa shape index (κ1) is 34.2. The first-order valence-corrected chi connectivity index (χ1v) is 19.9. The van der Waals surface area contributed by atoms with Gasteiger partial charge in [0.1, 0.15) is 0 Å². The smallest absolute Gasteiger partial charge is 0.243 e. The summed E-state index contributed by atoms with van der Waals surface area (Å²) in [6.45, 7) is 8.42. The molecule has 3 unspecified atom stereocenters. The van der Waals surface area contributed by atoms with Gasteiger partial charge in [0.2, 0.25) is 15.9 Å². The average molecular weight is 648 g/mol. The summed E-state index contributed by atoms with van der Waals surface area (Å²) in [5, 5.41) is 0.551. The number of nitrogens with zero attached hydrogens (tertiary/aromatic N) is 3. The van der Waals surface area contributed by atoms with Gasteiger partial charge < -0.3 is 4.90 Å². The molecule has 44 heavy (non-hydrogen) atoms. The maximum absolute atomic E-state index is 13.9. The summed E-state index contributed by atoms with van der Waals surface area (Å²) >= 11 is 6.07. The number of carbonyl (C=O) groups is 1. The van der Waals surface area contributed by atoms with Crippen molar-refractivity contribution in [3.8, 4) is 0 Å². The van der Waals surface area contributed by atoms with Crippen molar-refractivity contribution in [2.24, 2.45) is 5.41 Å². The van der Waals surface area contributed by atoms with Crippen molar-refractivity contribution in [1.82, 2.24) is 14.1 Å². The number of piperidine rings is 2. The van der Waals surface area contributed by atoms with Crippen LogP contribution < -0.4 is 0 Å². The Morgan fingerprint density at radius 2 is 1.55 bits per heavy atom. The van der Waals surface area contributed by atoms with Crippen molar-refractivity contribution in [2.75, 3.05) is 26.2 Å². The highest BCUT2D eigenvalue weighted by atomic mass is 35.5. The SMILES string of the molecule is C1CC1.CCCC1CCCC(CCCC2(CC(=O)N3CCN4CCCCC4(CCC)C3)CC2)N1S(=O)(=O)c1ccc(Cl)cc1. The molecule has 1 aromatic rings. The van der Waals surface area contributed by atoms with Gasteiger partial charge in [-0.2, -0.15) is 4.31 Å². The zero-order valence-electron chi connectivity index (χ0n) is 27.6. The normalized spacial score (nSPS) is 28.5. The molecule has 3 atom stereocenters. The lowest BCUT2D eigenvalue weighted by atomic mass is 9.80. The van der Waals surface area contributed by atoms with Crippen LogP contribution in [-0.4, -0.2) is 72.2 Å². The summed E-state index contributed by atoms with van der Waals surface area (Å²) in [4.78, 5) is 18.9. The third kappa shape index (κ3) is 8.41. The number of amides is 1. The third-order valence-corrected chi connectivity index (χ3v) is 13.3. The fourth-order valence-electron chi connectivity index (χ4n) is 8.37. The van der Waals surface area contributed by atoms with Gasteiger partial charge in [0.15, 0.2) is 0 Å². The fourth-order valence-corrected chi connectivity index (χ4v) is 10.4. The Morgan fingerprint density at radius 3 is 2.18 bits per heavy atom. The van der Waals surface area contributed by atoms with Crippen molar-refractivity contribution in [3.05, 3.63) is 29.3 Å². The Bertz CT molecular complexity index is 1180. The molecule has 6 rings (SSSR count). The van der Waals surface area contributed by atoms with E-state index in [2.05, 4.69) is 23.6 Å². The van der Waals surface area contributed by atoms with E-state index in [4.69, 9.17) is 11.6 Å². The molecule has 0 N–H and O–H groups in total. The molecular weight excluding hydrogens is 590 g/mol. The first-order chi connectivity index (χ1) is 21.2. The molecule has 1 aromatic carbocycles. The van der Waals surface area contributed by atoms with E-state index in [0.717, 1.165) is 83.8 Å². The highest BCUT2D eigenvalue weighted by Gasteiger charge is 2.48. The summed E-state index contributed by atoms with van der Waals surface area (Å²) in [5.74, 6) is 0.357. The van der Waals surface area contributed by atoms with E-state index >= 15 is 0 Å². The van der Waals surface area contributed by atoms with Crippen LogP contribution in [0.5, 0.6) is 0 Å². The number of hydrogen-bond donors (Lipinski definition) is 0. The van der Waals surface area contributed by atoms with Crippen LogP contribution in [0.15, 0.2) is 29.2 Å². The molecule has 3 aliphatic heterocycles.